The maximum atomic E-state index is 14.5. The number of benzene rings is 2. The van der Waals surface area contributed by atoms with Gasteiger partial charge in [0.2, 0.25) is 21.8 Å². The standard InChI is InChI=1S/C24H25FN4O5S/c1-15-3-2-4-17(11-15)35(33,34)28-9-7-27(8-10-28)21-13-16(25)12-18-19(21)14-29(24(18)32)20-5-6-22(30)26-23(20)31/h2-4,11-13,20H,5-10,14H2,1H3,(H,26,30,31). The van der Waals surface area contributed by atoms with Gasteiger partial charge in [0.1, 0.15) is 11.9 Å². The van der Waals surface area contributed by atoms with E-state index in [9.17, 15) is 27.2 Å². The van der Waals surface area contributed by atoms with Gasteiger partial charge >= 0.3 is 0 Å². The van der Waals surface area contributed by atoms with Crippen molar-refractivity contribution >= 4 is 33.4 Å². The van der Waals surface area contributed by atoms with Gasteiger partial charge in [0.25, 0.3) is 5.91 Å². The van der Waals surface area contributed by atoms with Crippen LogP contribution >= 0.6 is 0 Å². The lowest BCUT2D eigenvalue weighted by Gasteiger charge is -2.36. The molecule has 0 radical (unpaired) electrons. The van der Waals surface area contributed by atoms with E-state index in [0.29, 0.717) is 24.3 Å². The molecule has 0 bridgehead atoms. The van der Waals surface area contributed by atoms with Gasteiger partial charge in [-0.15, -0.1) is 0 Å². The highest BCUT2D eigenvalue weighted by Gasteiger charge is 2.41. The summed E-state index contributed by atoms with van der Waals surface area (Å²) in [6.45, 7) is 3.04. The number of sulfonamides is 1. The molecule has 0 aromatic heterocycles. The maximum absolute atomic E-state index is 14.5. The maximum Gasteiger partial charge on any atom is 0.255 e. The van der Waals surface area contributed by atoms with Crippen LogP contribution < -0.4 is 10.2 Å². The van der Waals surface area contributed by atoms with Crippen molar-refractivity contribution in [2.45, 2.75) is 37.2 Å². The third kappa shape index (κ3) is 4.19. The van der Waals surface area contributed by atoms with Gasteiger partial charge in [-0.05, 0) is 43.2 Å². The third-order valence-electron chi connectivity index (χ3n) is 6.80. The number of halogens is 1. The summed E-state index contributed by atoms with van der Waals surface area (Å²) in [4.78, 5) is 40.4. The number of amides is 3. The quantitative estimate of drug-likeness (QED) is 0.637. The Kier molecular flexibility index (Phi) is 5.84. The van der Waals surface area contributed by atoms with Gasteiger partial charge in [-0.25, -0.2) is 12.8 Å². The lowest BCUT2D eigenvalue weighted by atomic mass is 10.0. The van der Waals surface area contributed by atoms with E-state index in [4.69, 9.17) is 0 Å². The number of piperidine rings is 1. The molecule has 2 fully saturated rings. The second kappa shape index (κ2) is 8.72. The monoisotopic (exact) mass is 500 g/mol. The van der Waals surface area contributed by atoms with Gasteiger partial charge in [0.15, 0.2) is 0 Å². The summed E-state index contributed by atoms with van der Waals surface area (Å²) < 4.78 is 42.1. The molecular weight excluding hydrogens is 475 g/mol. The molecule has 3 aliphatic rings. The summed E-state index contributed by atoms with van der Waals surface area (Å²) in [5, 5.41) is 2.26. The SMILES string of the molecule is Cc1cccc(S(=O)(=O)N2CCN(c3cc(F)cc4c3CN(C3CCC(=O)NC3=O)C4=O)CC2)c1. The summed E-state index contributed by atoms with van der Waals surface area (Å²) in [6.07, 6.45) is 0.354. The van der Waals surface area contributed by atoms with Gasteiger partial charge in [-0.2, -0.15) is 4.31 Å². The number of nitrogens with zero attached hydrogens (tertiary/aromatic N) is 3. The van der Waals surface area contributed by atoms with Crippen molar-refractivity contribution in [2.24, 2.45) is 0 Å². The fourth-order valence-electron chi connectivity index (χ4n) is 4.98. The first-order valence-corrected chi connectivity index (χ1v) is 12.9. The Bertz CT molecular complexity index is 1340. The van der Waals surface area contributed by atoms with Gasteiger partial charge in [-0.1, -0.05) is 12.1 Å². The van der Waals surface area contributed by atoms with E-state index in [1.807, 2.05) is 17.9 Å². The lowest BCUT2D eigenvalue weighted by molar-refractivity contribution is -0.136. The molecule has 1 N–H and O–H groups in total. The number of fused-ring (bicyclic) bond motifs is 1. The summed E-state index contributed by atoms with van der Waals surface area (Å²) in [5.41, 5.74) is 2.18. The zero-order chi connectivity index (χ0) is 24.9. The largest absolute Gasteiger partial charge is 0.369 e. The Morgan fingerprint density at radius 2 is 1.77 bits per heavy atom. The number of carbonyl (C=O) groups excluding carboxylic acids is 3. The van der Waals surface area contributed by atoms with Crippen molar-refractivity contribution in [3.05, 3.63) is 58.9 Å². The minimum absolute atomic E-state index is 0.123. The van der Waals surface area contributed by atoms with Crippen LogP contribution in [0, 0.1) is 12.7 Å². The normalized spacial score (nSPS) is 21.3. The molecule has 3 heterocycles. The molecule has 2 aromatic rings. The molecule has 2 aromatic carbocycles. The molecule has 2 saturated heterocycles. The number of hydrogen-bond acceptors (Lipinski definition) is 6. The number of carbonyl (C=O) groups is 3. The van der Waals surface area contributed by atoms with Crippen molar-refractivity contribution < 1.29 is 27.2 Å². The second-order valence-electron chi connectivity index (χ2n) is 9.06. The molecule has 0 aliphatic carbocycles. The molecule has 5 rings (SSSR count). The summed E-state index contributed by atoms with van der Waals surface area (Å²) in [5.74, 6) is -1.93. The van der Waals surface area contributed by atoms with Crippen molar-refractivity contribution in [2.75, 3.05) is 31.1 Å². The minimum atomic E-state index is -3.65. The number of hydrogen-bond donors (Lipinski definition) is 1. The van der Waals surface area contributed by atoms with E-state index in [1.165, 1.54) is 21.3 Å². The Labute approximate surface area is 202 Å². The number of aryl methyl sites for hydroxylation is 1. The van der Waals surface area contributed by atoms with E-state index in [2.05, 4.69) is 5.32 Å². The smallest absolute Gasteiger partial charge is 0.255 e. The molecule has 0 saturated carbocycles. The van der Waals surface area contributed by atoms with E-state index in [0.717, 1.165) is 5.56 Å². The average molecular weight is 501 g/mol. The van der Waals surface area contributed by atoms with Gasteiger partial charge < -0.3 is 9.80 Å². The van der Waals surface area contributed by atoms with Gasteiger partial charge in [0, 0.05) is 56.0 Å². The molecule has 184 valence electrons. The van der Waals surface area contributed by atoms with Crippen LogP contribution in [0.25, 0.3) is 0 Å². The third-order valence-corrected chi connectivity index (χ3v) is 8.70. The number of piperazine rings is 1. The lowest BCUT2D eigenvalue weighted by Crippen LogP contribution is -2.52. The number of rotatable bonds is 4. The molecule has 3 amide bonds. The Hall–Kier alpha value is -3.31. The Morgan fingerprint density at radius 3 is 2.46 bits per heavy atom. The van der Waals surface area contributed by atoms with Crippen molar-refractivity contribution in [3.8, 4) is 0 Å². The fraction of sp³-hybridized carbons (Fsp3) is 0.375. The zero-order valence-corrected chi connectivity index (χ0v) is 20.0. The highest BCUT2D eigenvalue weighted by Crippen LogP contribution is 2.36. The van der Waals surface area contributed by atoms with Crippen LogP contribution in [0.4, 0.5) is 10.1 Å². The topological polar surface area (TPSA) is 107 Å². The van der Waals surface area contributed by atoms with E-state index < -0.39 is 33.7 Å². The molecule has 3 aliphatic heterocycles. The van der Waals surface area contributed by atoms with Crippen LogP contribution in [0.15, 0.2) is 41.3 Å². The molecule has 9 nitrogen and oxygen atoms in total. The van der Waals surface area contributed by atoms with E-state index in [-0.39, 0.29) is 48.8 Å². The molecule has 35 heavy (non-hydrogen) atoms. The first-order chi connectivity index (χ1) is 16.6. The molecular formula is C24H25FN4O5S. The predicted octanol–water partition coefficient (Wildman–Crippen LogP) is 1.41. The van der Waals surface area contributed by atoms with Crippen LogP contribution in [-0.2, 0) is 26.2 Å². The first kappa shape index (κ1) is 23.4. The highest BCUT2D eigenvalue weighted by molar-refractivity contribution is 7.89. The summed E-state index contributed by atoms with van der Waals surface area (Å²) in [7, 11) is -3.65. The number of nitrogens with one attached hydrogen (secondary N) is 1. The molecule has 0 spiro atoms. The van der Waals surface area contributed by atoms with Gasteiger partial charge in [-0.3, -0.25) is 19.7 Å². The van der Waals surface area contributed by atoms with Crippen LogP contribution in [0.1, 0.15) is 34.3 Å². The molecule has 11 heteroatoms. The van der Waals surface area contributed by atoms with Crippen molar-refractivity contribution in [3.63, 3.8) is 0 Å². The number of imide groups is 1. The van der Waals surface area contributed by atoms with E-state index in [1.54, 1.807) is 18.2 Å². The van der Waals surface area contributed by atoms with Crippen LogP contribution in [0.5, 0.6) is 0 Å². The second-order valence-corrected chi connectivity index (χ2v) is 11.0. The van der Waals surface area contributed by atoms with Crippen molar-refractivity contribution in [1.82, 2.24) is 14.5 Å². The minimum Gasteiger partial charge on any atom is -0.369 e. The van der Waals surface area contributed by atoms with Crippen LogP contribution in [0.3, 0.4) is 0 Å². The highest BCUT2D eigenvalue weighted by atomic mass is 32.2. The van der Waals surface area contributed by atoms with Crippen molar-refractivity contribution in [1.29, 1.82) is 0 Å². The number of anilines is 1. The van der Waals surface area contributed by atoms with Crippen LogP contribution in [-0.4, -0.2) is 67.6 Å². The zero-order valence-electron chi connectivity index (χ0n) is 19.2. The van der Waals surface area contributed by atoms with Crippen LogP contribution in [0.2, 0.25) is 0 Å². The summed E-state index contributed by atoms with van der Waals surface area (Å²) in [6, 6.07) is 8.48. The molecule has 1 unspecified atom stereocenters. The average Bonchev–Trinajstić information content (AvgIpc) is 3.14. The van der Waals surface area contributed by atoms with Gasteiger partial charge in [0.05, 0.1) is 4.90 Å². The Balaban J connectivity index is 1.36. The first-order valence-electron chi connectivity index (χ1n) is 11.4. The van der Waals surface area contributed by atoms with E-state index >= 15 is 0 Å². The Morgan fingerprint density at radius 1 is 1.03 bits per heavy atom. The predicted molar refractivity (Wildman–Crippen MR) is 125 cm³/mol. The fourth-order valence-corrected chi connectivity index (χ4v) is 6.51. The molecule has 1 atom stereocenters. The summed E-state index contributed by atoms with van der Waals surface area (Å²) >= 11 is 0.